The molecule has 0 saturated heterocycles. The standard InChI is InChI=1S/C16H25N3S/c1-11-12(2)18-19(13(11)3)10-15-8-7-14(20-15)9-17-16(4,5)6/h7-8,17H,9-10H2,1-6H3. The lowest BCUT2D eigenvalue weighted by Gasteiger charge is -2.19. The fourth-order valence-corrected chi connectivity index (χ4v) is 2.98. The molecule has 0 unspecified atom stereocenters. The molecule has 0 amide bonds. The molecule has 110 valence electrons. The van der Waals surface area contributed by atoms with Gasteiger partial charge in [0, 0.05) is 27.5 Å². The van der Waals surface area contributed by atoms with E-state index >= 15 is 0 Å². The first-order chi connectivity index (χ1) is 9.26. The van der Waals surface area contributed by atoms with E-state index in [1.54, 1.807) is 0 Å². The Labute approximate surface area is 126 Å². The van der Waals surface area contributed by atoms with Crippen molar-refractivity contribution in [1.29, 1.82) is 0 Å². The highest BCUT2D eigenvalue weighted by molar-refractivity contribution is 7.11. The van der Waals surface area contributed by atoms with E-state index in [0.717, 1.165) is 18.8 Å². The lowest BCUT2D eigenvalue weighted by Crippen LogP contribution is -2.34. The van der Waals surface area contributed by atoms with Gasteiger partial charge in [-0.05, 0) is 59.2 Å². The molecular formula is C16H25N3S. The summed E-state index contributed by atoms with van der Waals surface area (Å²) >= 11 is 1.87. The minimum atomic E-state index is 0.164. The van der Waals surface area contributed by atoms with Crippen LogP contribution in [0.25, 0.3) is 0 Å². The van der Waals surface area contributed by atoms with Crippen LogP contribution in [-0.2, 0) is 13.1 Å². The molecule has 3 nitrogen and oxygen atoms in total. The quantitative estimate of drug-likeness (QED) is 0.928. The number of hydrogen-bond donors (Lipinski definition) is 1. The van der Waals surface area contributed by atoms with E-state index in [2.05, 4.69) is 68.8 Å². The van der Waals surface area contributed by atoms with Crippen molar-refractivity contribution in [2.75, 3.05) is 0 Å². The second-order valence-corrected chi connectivity index (χ2v) is 7.68. The van der Waals surface area contributed by atoms with Gasteiger partial charge in [0.25, 0.3) is 0 Å². The minimum absolute atomic E-state index is 0.164. The van der Waals surface area contributed by atoms with E-state index in [1.165, 1.54) is 21.0 Å². The number of nitrogens with one attached hydrogen (secondary N) is 1. The fourth-order valence-electron chi connectivity index (χ4n) is 2.04. The number of aryl methyl sites for hydroxylation is 1. The van der Waals surface area contributed by atoms with Gasteiger partial charge in [0.15, 0.2) is 0 Å². The zero-order chi connectivity index (χ0) is 14.9. The SMILES string of the molecule is Cc1nn(Cc2ccc(CNC(C)(C)C)s2)c(C)c1C. The normalized spacial score (nSPS) is 12.1. The minimum Gasteiger partial charge on any atom is -0.307 e. The fraction of sp³-hybridized carbons (Fsp3) is 0.562. The summed E-state index contributed by atoms with van der Waals surface area (Å²) in [6.07, 6.45) is 0. The molecule has 0 atom stereocenters. The Balaban J connectivity index is 2.04. The molecule has 0 fully saturated rings. The third-order valence-electron chi connectivity index (χ3n) is 3.56. The Morgan fingerprint density at radius 3 is 2.35 bits per heavy atom. The van der Waals surface area contributed by atoms with E-state index in [4.69, 9.17) is 0 Å². The maximum absolute atomic E-state index is 4.61. The third kappa shape index (κ3) is 3.70. The van der Waals surface area contributed by atoms with Crippen LogP contribution in [0.15, 0.2) is 12.1 Å². The molecule has 0 spiro atoms. The number of nitrogens with zero attached hydrogens (tertiary/aromatic N) is 2. The van der Waals surface area contributed by atoms with Crippen molar-refractivity contribution in [3.05, 3.63) is 38.8 Å². The van der Waals surface area contributed by atoms with Gasteiger partial charge in [-0.3, -0.25) is 4.68 Å². The maximum atomic E-state index is 4.61. The topological polar surface area (TPSA) is 29.9 Å². The molecule has 0 radical (unpaired) electrons. The van der Waals surface area contributed by atoms with Crippen molar-refractivity contribution in [1.82, 2.24) is 15.1 Å². The number of thiophene rings is 1. The van der Waals surface area contributed by atoms with Gasteiger partial charge in [0.2, 0.25) is 0 Å². The van der Waals surface area contributed by atoms with Crippen molar-refractivity contribution in [3.63, 3.8) is 0 Å². The lowest BCUT2D eigenvalue weighted by molar-refractivity contribution is 0.426. The molecule has 2 heterocycles. The van der Waals surface area contributed by atoms with E-state index in [9.17, 15) is 0 Å². The summed E-state index contributed by atoms with van der Waals surface area (Å²) in [7, 11) is 0. The van der Waals surface area contributed by atoms with Gasteiger partial charge in [-0.1, -0.05) is 0 Å². The summed E-state index contributed by atoms with van der Waals surface area (Å²) in [6.45, 7) is 14.8. The summed E-state index contributed by atoms with van der Waals surface area (Å²) in [5.41, 5.74) is 3.87. The van der Waals surface area contributed by atoms with Crippen molar-refractivity contribution in [2.45, 2.75) is 60.2 Å². The average Bonchev–Trinajstić information content (AvgIpc) is 2.88. The van der Waals surface area contributed by atoms with Crippen molar-refractivity contribution < 1.29 is 0 Å². The molecule has 0 bridgehead atoms. The monoisotopic (exact) mass is 291 g/mol. The Bertz CT molecular complexity index is 587. The van der Waals surface area contributed by atoms with Crippen LogP contribution in [0, 0.1) is 20.8 Å². The van der Waals surface area contributed by atoms with Crippen molar-refractivity contribution in [3.8, 4) is 0 Å². The highest BCUT2D eigenvalue weighted by atomic mass is 32.1. The summed E-state index contributed by atoms with van der Waals surface area (Å²) in [4.78, 5) is 2.74. The molecule has 2 aromatic rings. The molecule has 1 N–H and O–H groups in total. The van der Waals surface area contributed by atoms with Gasteiger partial charge < -0.3 is 5.32 Å². The highest BCUT2D eigenvalue weighted by Crippen LogP contribution is 2.20. The molecule has 0 aliphatic rings. The van der Waals surface area contributed by atoms with Gasteiger partial charge in [0.1, 0.15) is 0 Å². The molecule has 2 aromatic heterocycles. The van der Waals surface area contributed by atoms with E-state index < -0.39 is 0 Å². The van der Waals surface area contributed by atoms with Crippen molar-refractivity contribution >= 4 is 11.3 Å². The van der Waals surface area contributed by atoms with Gasteiger partial charge in [-0.2, -0.15) is 5.10 Å². The third-order valence-corrected chi connectivity index (χ3v) is 4.63. The first kappa shape index (κ1) is 15.3. The Hall–Kier alpha value is -1.13. The van der Waals surface area contributed by atoms with E-state index in [1.807, 2.05) is 11.3 Å². The van der Waals surface area contributed by atoms with E-state index in [0.29, 0.717) is 0 Å². The predicted molar refractivity (Wildman–Crippen MR) is 86.5 cm³/mol. The van der Waals surface area contributed by atoms with Gasteiger partial charge in [-0.15, -0.1) is 11.3 Å². The molecule has 2 rings (SSSR count). The van der Waals surface area contributed by atoms with E-state index in [-0.39, 0.29) is 5.54 Å². The molecule has 0 aromatic carbocycles. The second kappa shape index (κ2) is 5.70. The first-order valence-corrected chi connectivity index (χ1v) is 7.91. The lowest BCUT2D eigenvalue weighted by atomic mass is 10.1. The highest BCUT2D eigenvalue weighted by Gasteiger charge is 2.11. The van der Waals surface area contributed by atoms with Crippen LogP contribution in [0.5, 0.6) is 0 Å². The molecule has 0 aliphatic carbocycles. The summed E-state index contributed by atoms with van der Waals surface area (Å²) in [5, 5.41) is 8.14. The van der Waals surface area contributed by atoms with Crippen molar-refractivity contribution in [2.24, 2.45) is 0 Å². The number of rotatable bonds is 4. The van der Waals surface area contributed by atoms with Gasteiger partial charge in [-0.25, -0.2) is 0 Å². The Kier molecular flexibility index (Phi) is 4.35. The molecule has 0 aliphatic heterocycles. The van der Waals surface area contributed by atoms with Crippen LogP contribution in [0.1, 0.15) is 47.5 Å². The summed E-state index contributed by atoms with van der Waals surface area (Å²) in [6, 6.07) is 4.44. The van der Waals surface area contributed by atoms with Crippen LogP contribution in [-0.4, -0.2) is 15.3 Å². The Morgan fingerprint density at radius 1 is 1.15 bits per heavy atom. The van der Waals surface area contributed by atoms with Gasteiger partial charge in [0.05, 0.1) is 12.2 Å². The zero-order valence-corrected chi connectivity index (χ0v) is 14.2. The molecule has 4 heteroatoms. The summed E-state index contributed by atoms with van der Waals surface area (Å²) < 4.78 is 2.11. The molecule has 0 saturated carbocycles. The predicted octanol–water partition coefficient (Wildman–Crippen LogP) is 3.81. The number of aromatic nitrogens is 2. The maximum Gasteiger partial charge on any atom is 0.0755 e. The first-order valence-electron chi connectivity index (χ1n) is 7.09. The smallest absolute Gasteiger partial charge is 0.0755 e. The zero-order valence-electron chi connectivity index (χ0n) is 13.4. The van der Waals surface area contributed by atoms with Crippen LogP contribution in [0.4, 0.5) is 0 Å². The Morgan fingerprint density at radius 2 is 1.80 bits per heavy atom. The largest absolute Gasteiger partial charge is 0.307 e. The average molecular weight is 291 g/mol. The van der Waals surface area contributed by atoms with Gasteiger partial charge >= 0.3 is 0 Å². The summed E-state index contributed by atoms with van der Waals surface area (Å²) in [5.74, 6) is 0. The number of hydrogen-bond acceptors (Lipinski definition) is 3. The molecular weight excluding hydrogens is 266 g/mol. The van der Waals surface area contributed by atoms with Crippen LogP contribution in [0.2, 0.25) is 0 Å². The van der Waals surface area contributed by atoms with Crippen LogP contribution < -0.4 is 5.32 Å². The van der Waals surface area contributed by atoms with Crippen LogP contribution >= 0.6 is 11.3 Å². The molecule has 20 heavy (non-hydrogen) atoms. The second-order valence-electron chi connectivity index (χ2n) is 6.43. The van der Waals surface area contributed by atoms with Crippen LogP contribution in [0.3, 0.4) is 0 Å².